The number of aromatic nitrogens is 3. The normalized spacial score (nSPS) is 18.9. The molecule has 1 amide bonds. The summed E-state index contributed by atoms with van der Waals surface area (Å²) in [4.78, 5) is 37.3. The molecular formula is C21H26N4O3S. The Bertz CT molecular complexity index is 1150. The van der Waals surface area contributed by atoms with E-state index < -0.39 is 0 Å². The van der Waals surface area contributed by atoms with Crippen LogP contribution in [0.25, 0.3) is 20.4 Å². The van der Waals surface area contributed by atoms with Crippen LogP contribution in [0.3, 0.4) is 0 Å². The Labute approximate surface area is 173 Å². The lowest BCUT2D eigenvalue weighted by molar-refractivity contribution is -0.131. The van der Waals surface area contributed by atoms with Crippen molar-refractivity contribution in [3.63, 3.8) is 0 Å². The minimum Gasteiger partial charge on any atom is -0.370 e. The van der Waals surface area contributed by atoms with Crippen molar-refractivity contribution >= 4 is 37.7 Å². The van der Waals surface area contributed by atoms with E-state index in [1.165, 1.54) is 22.2 Å². The van der Waals surface area contributed by atoms with Crippen molar-refractivity contribution in [3.8, 4) is 0 Å². The van der Waals surface area contributed by atoms with Gasteiger partial charge in [0, 0.05) is 30.5 Å². The third-order valence-electron chi connectivity index (χ3n) is 5.89. The molecular weight excluding hydrogens is 388 g/mol. The van der Waals surface area contributed by atoms with E-state index in [4.69, 9.17) is 9.72 Å². The third kappa shape index (κ3) is 3.44. The predicted molar refractivity (Wildman–Crippen MR) is 114 cm³/mol. The molecule has 0 fully saturated rings. The Morgan fingerprint density at radius 1 is 1.34 bits per heavy atom. The fourth-order valence-corrected chi connectivity index (χ4v) is 4.85. The summed E-state index contributed by atoms with van der Waals surface area (Å²) in [6, 6.07) is 2.06. The molecule has 0 aliphatic carbocycles. The summed E-state index contributed by atoms with van der Waals surface area (Å²) >= 11 is 1.36. The molecule has 0 unspecified atom stereocenters. The summed E-state index contributed by atoms with van der Waals surface area (Å²) in [5.41, 5.74) is 2.37. The first-order valence-corrected chi connectivity index (χ1v) is 10.9. The number of carbonyl (C=O) groups excluding carboxylic acids is 1. The maximum Gasteiger partial charge on any atom is 0.271 e. The highest BCUT2D eigenvalue weighted by molar-refractivity contribution is 7.25. The zero-order chi connectivity index (χ0) is 20.8. The fourth-order valence-electron chi connectivity index (χ4n) is 3.77. The molecule has 0 spiro atoms. The van der Waals surface area contributed by atoms with Crippen LogP contribution in [0, 0.1) is 0 Å². The summed E-state index contributed by atoms with van der Waals surface area (Å²) in [5.74, 6) is -0.0797. The van der Waals surface area contributed by atoms with Gasteiger partial charge in [-0.2, -0.15) is 0 Å². The van der Waals surface area contributed by atoms with E-state index in [9.17, 15) is 9.59 Å². The minimum absolute atomic E-state index is 0.00429. The number of fused-ring (bicyclic) bond motifs is 4. The lowest BCUT2D eigenvalue weighted by atomic mass is 9.91. The lowest BCUT2D eigenvalue weighted by Crippen LogP contribution is -2.36. The largest absolute Gasteiger partial charge is 0.370 e. The van der Waals surface area contributed by atoms with Crippen molar-refractivity contribution in [1.82, 2.24) is 19.4 Å². The van der Waals surface area contributed by atoms with Crippen LogP contribution in [-0.2, 0) is 29.1 Å². The van der Waals surface area contributed by atoms with E-state index in [2.05, 4.69) is 24.9 Å². The fraction of sp³-hybridized carbons (Fsp3) is 0.524. The number of rotatable bonds is 5. The number of pyridine rings is 1. The number of nitrogens with zero attached hydrogens (tertiary/aromatic N) is 4. The van der Waals surface area contributed by atoms with E-state index in [0.29, 0.717) is 29.9 Å². The van der Waals surface area contributed by atoms with Crippen molar-refractivity contribution in [2.45, 2.75) is 59.3 Å². The Kier molecular flexibility index (Phi) is 5.16. The first kappa shape index (κ1) is 20.0. The summed E-state index contributed by atoms with van der Waals surface area (Å²) in [6.07, 6.45) is 3.16. The van der Waals surface area contributed by atoms with Gasteiger partial charge in [-0.05, 0) is 33.3 Å². The molecule has 4 heterocycles. The average molecular weight is 415 g/mol. The van der Waals surface area contributed by atoms with Crippen LogP contribution in [0.4, 0.5) is 0 Å². The molecule has 0 aromatic carbocycles. The van der Waals surface area contributed by atoms with Gasteiger partial charge in [-0.1, -0.05) is 6.92 Å². The van der Waals surface area contributed by atoms with Crippen molar-refractivity contribution in [2.24, 2.45) is 0 Å². The molecule has 0 bridgehead atoms. The summed E-state index contributed by atoms with van der Waals surface area (Å²) in [5, 5.41) is 0.881. The van der Waals surface area contributed by atoms with Crippen LogP contribution < -0.4 is 5.56 Å². The molecule has 154 valence electrons. The van der Waals surface area contributed by atoms with E-state index >= 15 is 0 Å². The molecule has 3 aromatic rings. The number of amides is 1. The average Bonchev–Trinajstić information content (AvgIpc) is 3.07. The first-order chi connectivity index (χ1) is 13.9. The van der Waals surface area contributed by atoms with Crippen molar-refractivity contribution in [2.75, 3.05) is 13.1 Å². The summed E-state index contributed by atoms with van der Waals surface area (Å²) in [6.45, 7) is 9.86. The maximum absolute atomic E-state index is 13.0. The SMILES string of the molecule is CCN(CC)C(=O)Cn1cnc2c(sc3nc4c(cc32)CO[C@](C)(CC)C4)c1=O. The number of ether oxygens (including phenoxy) is 1. The van der Waals surface area contributed by atoms with Crippen LogP contribution in [-0.4, -0.2) is 44.0 Å². The van der Waals surface area contributed by atoms with Crippen LogP contribution in [0.1, 0.15) is 45.4 Å². The molecule has 0 saturated carbocycles. The lowest BCUT2D eigenvalue weighted by Gasteiger charge is -2.33. The molecule has 0 radical (unpaired) electrons. The Morgan fingerprint density at radius 2 is 2.10 bits per heavy atom. The van der Waals surface area contributed by atoms with Gasteiger partial charge >= 0.3 is 0 Å². The first-order valence-electron chi connectivity index (χ1n) is 10.1. The van der Waals surface area contributed by atoms with Gasteiger partial charge in [0.2, 0.25) is 5.91 Å². The number of hydrogen-bond acceptors (Lipinski definition) is 6. The van der Waals surface area contributed by atoms with E-state index in [1.807, 2.05) is 13.8 Å². The monoisotopic (exact) mass is 414 g/mol. The van der Waals surface area contributed by atoms with Gasteiger partial charge in [0.15, 0.2) is 0 Å². The molecule has 1 atom stereocenters. The molecule has 1 aliphatic heterocycles. The number of carbonyl (C=O) groups is 1. The standard InChI is InChI=1S/C21H26N4O3S/c1-5-21(4)9-15-13(11-28-21)8-14-17-18(29-19(14)23-15)20(27)25(12-22-17)10-16(26)24(6-2)7-3/h8,12H,5-7,9-11H2,1-4H3/t21-/m1/s1. The Balaban J connectivity index is 1.76. The Hall–Kier alpha value is -2.32. The highest BCUT2D eigenvalue weighted by Crippen LogP contribution is 2.35. The zero-order valence-electron chi connectivity index (χ0n) is 17.3. The van der Waals surface area contributed by atoms with Crippen LogP contribution in [0.2, 0.25) is 0 Å². The van der Waals surface area contributed by atoms with Crippen LogP contribution in [0.15, 0.2) is 17.2 Å². The van der Waals surface area contributed by atoms with Crippen molar-refractivity contribution in [1.29, 1.82) is 0 Å². The maximum atomic E-state index is 13.0. The Morgan fingerprint density at radius 3 is 2.79 bits per heavy atom. The summed E-state index contributed by atoms with van der Waals surface area (Å²) < 4.78 is 7.99. The van der Waals surface area contributed by atoms with Gasteiger partial charge in [0.25, 0.3) is 5.56 Å². The molecule has 3 aromatic heterocycles. The number of thiophene rings is 1. The molecule has 1 aliphatic rings. The van der Waals surface area contributed by atoms with Gasteiger partial charge in [0.1, 0.15) is 16.1 Å². The zero-order valence-corrected chi connectivity index (χ0v) is 18.1. The van der Waals surface area contributed by atoms with Crippen LogP contribution in [0.5, 0.6) is 0 Å². The highest BCUT2D eigenvalue weighted by Gasteiger charge is 2.31. The molecule has 8 heteroatoms. The van der Waals surface area contributed by atoms with Gasteiger partial charge in [-0.3, -0.25) is 14.2 Å². The van der Waals surface area contributed by atoms with E-state index in [1.54, 1.807) is 4.90 Å². The number of hydrogen-bond donors (Lipinski definition) is 0. The number of likely N-dealkylation sites (N-methyl/N-ethyl adjacent to an activating group) is 1. The molecule has 4 rings (SSSR count). The van der Waals surface area contributed by atoms with Gasteiger partial charge in [0.05, 0.1) is 29.7 Å². The van der Waals surface area contributed by atoms with Crippen molar-refractivity contribution in [3.05, 3.63) is 34.0 Å². The smallest absolute Gasteiger partial charge is 0.271 e. The summed E-state index contributed by atoms with van der Waals surface area (Å²) in [7, 11) is 0. The third-order valence-corrected chi connectivity index (χ3v) is 6.97. The predicted octanol–water partition coefficient (Wildman–Crippen LogP) is 3.12. The van der Waals surface area contributed by atoms with Gasteiger partial charge in [-0.15, -0.1) is 11.3 Å². The second kappa shape index (κ2) is 7.50. The molecule has 0 saturated heterocycles. The van der Waals surface area contributed by atoms with Crippen molar-refractivity contribution < 1.29 is 9.53 Å². The highest BCUT2D eigenvalue weighted by atomic mass is 32.1. The van der Waals surface area contributed by atoms with Gasteiger partial charge in [-0.25, -0.2) is 9.97 Å². The molecule has 7 nitrogen and oxygen atoms in total. The topological polar surface area (TPSA) is 77.3 Å². The minimum atomic E-state index is -0.194. The molecule has 0 N–H and O–H groups in total. The van der Waals surface area contributed by atoms with E-state index in [-0.39, 0.29) is 23.6 Å². The second-order valence-corrected chi connectivity index (χ2v) is 8.74. The molecule has 29 heavy (non-hydrogen) atoms. The quantitative estimate of drug-likeness (QED) is 0.641. The van der Waals surface area contributed by atoms with Gasteiger partial charge < -0.3 is 9.64 Å². The van der Waals surface area contributed by atoms with E-state index in [0.717, 1.165) is 34.3 Å². The second-order valence-electron chi connectivity index (χ2n) is 7.74. The van der Waals surface area contributed by atoms with Crippen LogP contribution >= 0.6 is 11.3 Å².